The number of carbonyl (C=O) groups is 3. The van der Waals surface area contributed by atoms with Gasteiger partial charge in [-0.15, -0.1) is 0 Å². The monoisotopic (exact) mass is 629 g/mol. The van der Waals surface area contributed by atoms with Crippen LogP contribution in [0.15, 0.2) is 0 Å². The van der Waals surface area contributed by atoms with Crippen molar-refractivity contribution in [3.8, 4) is 0 Å². The average molecular weight is 630 g/mol. The Bertz CT molecular complexity index is 683. The van der Waals surface area contributed by atoms with Gasteiger partial charge in [0.1, 0.15) is 0 Å². The normalized spacial score (nSPS) is 12.3. The van der Waals surface area contributed by atoms with Crippen LogP contribution in [0.4, 0.5) is 4.79 Å². The Morgan fingerprint density at radius 3 is 1.60 bits per heavy atom. The van der Waals surface area contributed by atoms with Crippen molar-refractivity contribution < 1.29 is 24.6 Å². The van der Waals surface area contributed by atoms with Crippen LogP contribution in [0.1, 0.15) is 155 Å². The van der Waals surface area contributed by atoms with E-state index in [1.54, 1.807) is 0 Å². The van der Waals surface area contributed by atoms with Crippen LogP contribution in [-0.4, -0.2) is 76.3 Å². The van der Waals surface area contributed by atoms with Crippen LogP contribution in [0.2, 0.25) is 0 Å². The summed E-state index contributed by atoms with van der Waals surface area (Å²) in [5, 5.41) is 20.2. The van der Waals surface area contributed by atoms with Crippen LogP contribution in [0.5, 0.6) is 0 Å². The molecule has 0 spiro atoms. The summed E-state index contributed by atoms with van der Waals surface area (Å²) in [4.78, 5) is 37.1. The van der Waals surface area contributed by atoms with E-state index < -0.39 is 11.9 Å². The zero-order valence-corrected chi connectivity index (χ0v) is 29.1. The van der Waals surface area contributed by atoms with Crippen LogP contribution < -0.4 is 5.43 Å². The molecule has 1 unspecified atom stereocenters. The van der Waals surface area contributed by atoms with Crippen molar-refractivity contribution in [1.29, 1.82) is 0 Å². The molecule has 0 heterocycles. The number of amides is 1. The van der Waals surface area contributed by atoms with Gasteiger partial charge in [0.25, 0.3) is 5.24 Å². The lowest BCUT2D eigenvalue weighted by Crippen LogP contribution is -2.51. The quantitative estimate of drug-likeness (QED) is 0.0515. The Kier molecular flexibility index (Phi) is 28.5. The summed E-state index contributed by atoms with van der Waals surface area (Å²) < 4.78 is 0. The number of rotatable bonds is 31. The second kappa shape index (κ2) is 29.4. The van der Waals surface area contributed by atoms with E-state index in [1.807, 2.05) is 14.1 Å². The van der Waals surface area contributed by atoms with Crippen molar-refractivity contribution >= 4 is 28.9 Å². The van der Waals surface area contributed by atoms with Crippen LogP contribution in [0.25, 0.3) is 0 Å². The maximum atomic E-state index is 13.2. The van der Waals surface area contributed by atoms with E-state index in [0.717, 1.165) is 83.1 Å². The molecule has 0 aromatic carbocycles. The lowest BCUT2D eigenvalue weighted by atomic mass is 9.85. The fourth-order valence-electron chi connectivity index (χ4n) is 5.69. The topological polar surface area (TPSA) is 110 Å². The number of unbranched alkanes of at least 4 members (excludes halogenated alkanes) is 13. The molecular formula is C34H67N3O5S. The highest BCUT2D eigenvalue weighted by Crippen LogP contribution is 2.29. The van der Waals surface area contributed by atoms with Crippen molar-refractivity contribution in [3.63, 3.8) is 0 Å². The third kappa shape index (κ3) is 26.8. The van der Waals surface area contributed by atoms with Crippen molar-refractivity contribution in [3.05, 3.63) is 0 Å². The van der Waals surface area contributed by atoms with Gasteiger partial charge in [0.05, 0.1) is 0 Å². The molecule has 9 heteroatoms. The number of nitrogens with zero attached hydrogens (tertiary/aromatic N) is 2. The molecule has 254 valence electrons. The molecule has 0 radical (unpaired) electrons. The second-order valence-corrected chi connectivity index (χ2v) is 13.6. The van der Waals surface area contributed by atoms with Crippen molar-refractivity contribution in [2.24, 2.45) is 5.92 Å². The number of thioether (sulfide) groups is 1. The fraction of sp³-hybridized carbons (Fsp3) is 0.912. The Hall–Kier alpha value is -1.32. The third-order valence-corrected chi connectivity index (χ3v) is 8.98. The molecule has 0 saturated carbocycles. The summed E-state index contributed by atoms with van der Waals surface area (Å²) in [5.41, 5.74) is 3.34. The Morgan fingerprint density at radius 1 is 0.628 bits per heavy atom. The lowest BCUT2D eigenvalue weighted by Gasteiger charge is -2.38. The van der Waals surface area contributed by atoms with Crippen LogP contribution in [0.3, 0.4) is 0 Å². The number of hydrogen-bond donors (Lipinski definition) is 3. The lowest BCUT2D eigenvalue weighted by molar-refractivity contribution is -0.138. The van der Waals surface area contributed by atoms with Crippen molar-refractivity contribution in [2.75, 3.05) is 32.9 Å². The number of aliphatic carboxylic acids is 2. The molecule has 43 heavy (non-hydrogen) atoms. The van der Waals surface area contributed by atoms with E-state index in [9.17, 15) is 14.4 Å². The summed E-state index contributed by atoms with van der Waals surface area (Å²) in [6.07, 6.45) is 22.2. The molecular weight excluding hydrogens is 562 g/mol. The van der Waals surface area contributed by atoms with Crippen LogP contribution >= 0.6 is 11.8 Å². The van der Waals surface area contributed by atoms with Gasteiger partial charge in [-0.05, 0) is 58.5 Å². The molecule has 1 atom stereocenters. The average Bonchev–Trinajstić information content (AvgIpc) is 2.94. The number of hydrazine groups is 1. The van der Waals surface area contributed by atoms with Gasteiger partial charge in [-0.1, -0.05) is 116 Å². The second-order valence-electron chi connectivity index (χ2n) is 12.5. The number of carbonyl (C=O) groups excluding carboxylic acids is 1. The molecule has 0 bridgehead atoms. The number of carboxylic acid groups (broad SMARTS) is 2. The smallest absolute Gasteiger partial charge is 0.303 e. The summed E-state index contributed by atoms with van der Waals surface area (Å²) in [6, 6.07) is 0.271. The van der Waals surface area contributed by atoms with E-state index >= 15 is 0 Å². The maximum absolute atomic E-state index is 13.2. The van der Waals surface area contributed by atoms with E-state index in [2.05, 4.69) is 29.2 Å². The number of carboxylic acids is 2. The minimum Gasteiger partial charge on any atom is -0.481 e. The van der Waals surface area contributed by atoms with Gasteiger partial charge < -0.3 is 15.1 Å². The first-order valence-electron chi connectivity index (χ1n) is 17.5. The molecule has 0 aromatic rings. The molecule has 0 aromatic heterocycles. The first-order valence-corrected chi connectivity index (χ1v) is 18.5. The van der Waals surface area contributed by atoms with Gasteiger partial charge >= 0.3 is 11.9 Å². The number of nitrogens with one attached hydrogen (secondary N) is 1. The van der Waals surface area contributed by atoms with Gasteiger partial charge in [0, 0.05) is 37.7 Å². The zero-order chi connectivity index (χ0) is 32.1. The van der Waals surface area contributed by atoms with Crippen LogP contribution in [0, 0.1) is 5.92 Å². The molecule has 8 nitrogen and oxygen atoms in total. The minimum atomic E-state index is -0.727. The summed E-state index contributed by atoms with van der Waals surface area (Å²) in [5.74, 6) is -0.173. The minimum absolute atomic E-state index is 0.0190. The molecule has 0 aliphatic heterocycles. The summed E-state index contributed by atoms with van der Waals surface area (Å²) in [6.45, 7) is 6.17. The van der Waals surface area contributed by atoms with E-state index in [1.165, 1.54) is 76.0 Å². The molecule has 0 aliphatic rings. The highest BCUT2D eigenvalue weighted by molar-refractivity contribution is 8.13. The molecule has 0 saturated heterocycles. The van der Waals surface area contributed by atoms with Gasteiger partial charge in [-0.3, -0.25) is 19.8 Å². The zero-order valence-electron chi connectivity index (χ0n) is 28.3. The number of hydrogen-bond acceptors (Lipinski definition) is 6. The van der Waals surface area contributed by atoms with E-state index in [-0.39, 0.29) is 24.1 Å². The van der Waals surface area contributed by atoms with Gasteiger partial charge in [0.2, 0.25) is 0 Å². The fourth-order valence-corrected chi connectivity index (χ4v) is 6.51. The highest BCUT2D eigenvalue weighted by Gasteiger charge is 2.28. The summed E-state index contributed by atoms with van der Waals surface area (Å²) in [7, 11) is 4.05. The largest absolute Gasteiger partial charge is 0.481 e. The van der Waals surface area contributed by atoms with Crippen molar-refractivity contribution in [2.45, 2.75) is 161 Å². The standard InChI is InChI=1S/C34H67N3O5S/c1-5-7-9-16-22-30(23-17-10-8-6-2)31(24-18-13-14-20-26-33(40)41)37(35-34(42)43-29-28-36(3)4)27-21-15-11-12-19-25-32(38)39/h30-31H,5-29H2,1-4H3,(H,35,42)(H,38,39)(H,40,41). The molecule has 0 aliphatic carbocycles. The third-order valence-electron chi connectivity index (χ3n) is 8.24. The molecule has 0 rings (SSSR count). The first kappa shape index (κ1) is 41.7. The molecule has 0 fully saturated rings. The van der Waals surface area contributed by atoms with Gasteiger partial charge in [0.15, 0.2) is 0 Å². The predicted octanol–water partition coefficient (Wildman–Crippen LogP) is 8.98. The van der Waals surface area contributed by atoms with E-state index in [0.29, 0.717) is 5.92 Å². The van der Waals surface area contributed by atoms with Crippen LogP contribution in [-0.2, 0) is 9.59 Å². The Balaban J connectivity index is 5.66. The maximum Gasteiger partial charge on any atom is 0.303 e. The Morgan fingerprint density at radius 2 is 1.09 bits per heavy atom. The van der Waals surface area contributed by atoms with Gasteiger partial charge in [-0.25, -0.2) is 5.01 Å². The SMILES string of the molecule is CCCCCCC(CCCCCC)C(CCCCCCC(=O)O)N(CCCCCCCC(=O)O)NC(=O)SCCN(C)C. The van der Waals surface area contributed by atoms with Crippen molar-refractivity contribution in [1.82, 2.24) is 15.3 Å². The molecule has 1 amide bonds. The van der Waals surface area contributed by atoms with Gasteiger partial charge in [-0.2, -0.15) is 0 Å². The summed E-state index contributed by atoms with van der Waals surface area (Å²) >= 11 is 1.36. The molecule has 3 N–H and O–H groups in total. The predicted molar refractivity (Wildman–Crippen MR) is 182 cm³/mol. The Labute approximate surface area is 268 Å². The highest BCUT2D eigenvalue weighted by atomic mass is 32.2. The van der Waals surface area contributed by atoms with E-state index in [4.69, 9.17) is 10.2 Å². The first-order chi connectivity index (χ1) is 20.7.